The van der Waals surface area contributed by atoms with Crippen LogP contribution in [-0.4, -0.2) is 47.0 Å². The van der Waals surface area contributed by atoms with Crippen LogP contribution in [0, 0.1) is 33.1 Å². The topological polar surface area (TPSA) is 190 Å². The summed E-state index contributed by atoms with van der Waals surface area (Å²) in [4.78, 5) is 50.4. The number of esters is 1. The number of rotatable bonds is 11. The molecule has 0 spiro atoms. The molecule has 0 saturated heterocycles. The first-order chi connectivity index (χ1) is 28.5. The molecule has 1 atom stereocenters. The molecular weight excluding hydrogens is 763 g/mol. The lowest BCUT2D eigenvalue weighted by atomic mass is 9.69. The minimum atomic E-state index is -1.68. The third kappa shape index (κ3) is 11.6. The number of amides is 3. The average Bonchev–Trinajstić information content (AvgIpc) is 3.26. The summed E-state index contributed by atoms with van der Waals surface area (Å²) in [6.45, 7) is 7.02. The number of hydrogen-bond donors (Lipinski definition) is 3. The van der Waals surface area contributed by atoms with Crippen LogP contribution in [0.1, 0.15) is 75.6 Å². The molecule has 1 aliphatic heterocycles. The SMILES string of the molecule is CC.CCC1=C(C(=O)OCc2ccccc2)C(c2ccc(F)cc2F)N(C(=O)Oc2ccc([N+](=O)[O-])cc2)C(=O)N1.N#CC1(c2ccccc2)CCC(NCCN)CC1. The monoisotopic (exact) mass is 810 g/mol. The van der Waals surface area contributed by atoms with Gasteiger partial charge in [-0.05, 0) is 61.4 Å². The molecule has 6 rings (SSSR count). The van der Waals surface area contributed by atoms with Crippen molar-refractivity contribution in [3.05, 3.63) is 153 Å². The van der Waals surface area contributed by atoms with Gasteiger partial charge in [0.1, 0.15) is 30.0 Å². The smallest absolute Gasteiger partial charge is 0.424 e. The van der Waals surface area contributed by atoms with Crippen LogP contribution in [0.15, 0.2) is 114 Å². The Hall–Kier alpha value is -6.50. The van der Waals surface area contributed by atoms with Crippen molar-refractivity contribution in [3.8, 4) is 11.8 Å². The maximum atomic E-state index is 15.1. The van der Waals surface area contributed by atoms with Crippen molar-refractivity contribution in [2.75, 3.05) is 13.1 Å². The molecular formula is C44H48F2N6O7. The lowest BCUT2D eigenvalue weighted by molar-refractivity contribution is -0.384. The highest BCUT2D eigenvalue weighted by Gasteiger charge is 2.45. The van der Waals surface area contributed by atoms with Crippen LogP contribution in [-0.2, 0) is 21.6 Å². The van der Waals surface area contributed by atoms with Gasteiger partial charge in [-0.25, -0.2) is 28.1 Å². The van der Waals surface area contributed by atoms with E-state index in [4.69, 9.17) is 15.2 Å². The van der Waals surface area contributed by atoms with Gasteiger partial charge in [0.25, 0.3) is 5.69 Å². The fraction of sp³-hybridized carbons (Fsp3) is 0.318. The van der Waals surface area contributed by atoms with Crippen LogP contribution in [0.5, 0.6) is 5.75 Å². The van der Waals surface area contributed by atoms with Crippen LogP contribution < -0.4 is 21.1 Å². The molecule has 4 N–H and O–H groups in total. The molecule has 0 aromatic heterocycles. The first kappa shape index (κ1) is 45.2. The zero-order valence-electron chi connectivity index (χ0n) is 33.2. The van der Waals surface area contributed by atoms with Crippen LogP contribution in [0.25, 0.3) is 0 Å². The zero-order chi connectivity index (χ0) is 43.0. The van der Waals surface area contributed by atoms with Crippen LogP contribution in [0.3, 0.4) is 0 Å². The third-order valence-corrected chi connectivity index (χ3v) is 9.78. The van der Waals surface area contributed by atoms with E-state index in [9.17, 15) is 34.2 Å². The fourth-order valence-corrected chi connectivity index (χ4v) is 6.80. The number of nitro groups is 1. The molecule has 1 aliphatic carbocycles. The molecule has 1 heterocycles. The molecule has 4 aromatic carbocycles. The van der Waals surface area contributed by atoms with Gasteiger partial charge in [0.15, 0.2) is 0 Å². The van der Waals surface area contributed by atoms with E-state index < -0.39 is 40.7 Å². The molecule has 4 aromatic rings. The standard InChI is InChI=1S/C27H21F2N3O7.C15H21N3.C2H6/c1-2-22-23(25(33)38-15-16-6-4-3-5-7-16)24(20-13-8-17(28)14-21(20)29)31(26(34)30-22)27(35)39-19-11-9-18(10-12-19)32(36)37;16-10-11-18-14-6-8-15(12-17,9-7-14)13-4-2-1-3-5-13;1-2/h3-14,24H,2,15H2,1H3,(H,30,34);1-5,14,18H,6-11,16H2;1-2H3. The van der Waals surface area contributed by atoms with Gasteiger partial charge < -0.3 is 25.8 Å². The maximum Gasteiger partial charge on any atom is 0.424 e. The van der Waals surface area contributed by atoms with Crippen molar-refractivity contribution in [2.45, 2.75) is 77.0 Å². The van der Waals surface area contributed by atoms with Gasteiger partial charge in [0, 0.05) is 48.6 Å². The number of nitro benzene ring substituents is 1. The number of hydrogen-bond acceptors (Lipinski definition) is 10. The number of non-ortho nitro benzene ring substituents is 1. The predicted molar refractivity (Wildman–Crippen MR) is 217 cm³/mol. The first-order valence-corrected chi connectivity index (χ1v) is 19.4. The van der Waals surface area contributed by atoms with Crippen molar-refractivity contribution < 1.29 is 37.6 Å². The summed E-state index contributed by atoms with van der Waals surface area (Å²) in [6, 6.07) is 26.2. The Morgan fingerprint density at radius 1 is 1.00 bits per heavy atom. The molecule has 59 heavy (non-hydrogen) atoms. The van der Waals surface area contributed by atoms with E-state index in [0.717, 1.165) is 68.6 Å². The largest absolute Gasteiger partial charge is 0.457 e. The van der Waals surface area contributed by atoms with E-state index in [1.165, 1.54) is 5.56 Å². The van der Waals surface area contributed by atoms with Crippen molar-refractivity contribution in [1.82, 2.24) is 15.5 Å². The third-order valence-electron chi connectivity index (χ3n) is 9.78. The number of ether oxygens (including phenoxy) is 2. The summed E-state index contributed by atoms with van der Waals surface area (Å²) >= 11 is 0. The highest BCUT2D eigenvalue weighted by Crippen LogP contribution is 2.40. The van der Waals surface area contributed by atoms with Crippen molar-refractivity contribution in [2.24, 2.45) is 5.73 Å². The van der Waals surface area contributed by atoms with Gasteiger partial charge in [-0.3, -0.25) is 10.1 Å². The fourth-order valence-electron chi connectivity index (χ4n) is 6.80. The lowest BCUT2D eigenvalue weighted by Gasteiger charge is -2.36. The number of nitrogens with two attached hydrogens (primary N) is 1. The van der Waals surface area contributed by atoms with E-state index >= 15 is 4.39 Å². The van der Waals surface area contributed by atoms with Crippen molar-refractivity contribution in [1.29, 1.82) is 5.26 Å². The summed E-state index contributed by atoms with van der Waals surface area (Å²) in [5.74, 6) is -3.14. The number of nitrogens with one attached hydrogen (secondary N) is 2. The lowest BCUT2D eigenvalue weighted by Crippen LogP contribution is -2.52. The normalized spacial score (nSPS) is 18.5. The van der Waals surface area contributed by atoms with Crippen molar-refractivity contribution >= 4 is 23.8 Å². The number of urea groups is 1. The molecule has 0 bridgehead atoms. The molecule has 13 nitrogen and oxygen atoms in total. The van der Waals surface area contributed by atoms with Gasteiger partial charge in [0.05, 0.1) is 22.0 Å². The van der Waals surface area contributed by atoms with Gasteiger partial charge in [-0.2, -0.15) is 5.26 Å². The van der Waals surface area contributed by atoms with Gasteiger partial charge in [-0.1, -0.05) is 87.5 Å². The number of nitriles is 1. The van der Waals surface area contributed by atoms with Crippen LogP contribution in [0.2, 0.25) is 0 Å². The summed E-state index contributed by atoms with van der Waals surface area (Å²) in [6.07, 6.45) is 2.78. The molecule has 15 heteroatoms. The number of halogens is 2. The second-order valence-corrected chi connectivity index (χ2v) is 13.4. The van der Waals surface area contributed by atoms with Crippen molar-refractivity contribution in [3.63, 3.8) is 0 Å². The number of carbonyl (C=O) groups excluding carboxylic acids is 3. The number of allylic oxidation sites excluding steroid dienone is 1. The Morgan fingerprint density at radius 2 is 1.63 bits per heavy atom. The number of imide groups is 1. The Kier molecular flexibility index (Phi) is 16.8. The van der Waals surface area contributed by atoms with E-state index in [0.29, 0.717) is 29.1 Å². The highest BCUT2D eigenvalue weighted by atomic mass is 19.1. The summed E-state index contributed by atoms with van der Waals surface area (Å²) < 4.78 is 39.5. The molecule has 1 saturated carbocycles. The molecule has 1 unspecified atom stereocenters. The van der Waals surface area contributed by atoms with Gasteiger partial charge >= 0.3 is 18.1 Å². The number of nitrogens with zero attached hydrogens (tertiary/aromatic N) is 3. The number of benzene rings is 4. The summed E-state index contributed by atoms with van der Waals surface area (Å²) in [7, 11) is 0. The molecule has 0 radical (unpaired) electrons. The maximum absolute atomic E-state index is 15.1. The Labute approximate surface area is 341 Å². The highest BCUT2D eigenvalue weighted by molar-refractivity contribution is 6.01. The first-order valence-electron chi connectivity index (χ1n) is 19.4. The minimum absolute atomic E-state index is 0.0752. The van der Waals surface area contributed by atoms with Crippen LogP contribution in [0.4, 0.5) is 24.1 Å². The predicted octanol–water partition coefficient (Wildman–Crippen LogP) is 8.51. The van der Waals surface area contributed by atoms with E-state index in [1.807, 2.05) is 32.0 Å². The molecule has 2 aliphatic rings. The average molecular weight is 811 g/mol. The Balaban J connectivity index is 0.000000320. The summed E-state index contributed by atoms with van der Waals surface area (Å²) in [5, 5.41) is 26.4. The molecule has 310 valence electrons. The molecule has 3 amide bonds. The Morgan fingerprint density at radius 3 is 2.19 bits per heavy atom. The summed E-state index contributed by atoms with van der Waals surface area (Å²) in [5.41, 5.74) is 6.25. The zero-order valence-corrected chi connectivity index (χ0v) is 33.2. The minimum Gasteiger partial charge on any atom is -0.457 e. The number of carbonyl (C=O) groups is 3. The van der Waals surface area contributed by atoms with E-state index in [1.54, 1.807) is 37.3 Å². The quantitative estimate of drug-likeness (QED) is 0.0752. The van der Waals surface area contributed by atoms with E-state index in [2.05, 4.69) is 28.8 Å². The van der Waals surface area contributed by atoms with E-state index in [-0.39, 0.29) is 46.7 Å². The molecule has 1 fully saturated rings. The van der Waals surface area contributed by atoms with Gasteiger partial charge in [0.2, 0.25) is 0 Å². The second-order valence-electron chi connectivity index (χ2n) is 13.4. The van der Waals surface area contributed by atoms with Crippen LogP contribution >= 0.6 is 0 Å². The second kappa shape index (κ2) is 21.9. The van der Waals surface area contributed by atoms with Gasteiger partial charge in [-0.15, -0.1) is 0 Å². The Bertz CT molecular complexity index is 2120.